The number of hydrogen-bond acceptors (Lipinski definition) is 3. The first-order valence-electron chi connectivity index (χ1n) is 5.98. The molecule has 1 amide bonds. The van der Waals surface area contributed by atoms with E-state index in [0.717, 1.165) is 10.2 Å². The van der Waals surface area contributed by atoms with Gasteiger partial charge >= 0.3 is 0 Å². The molecule has 0 spiro atoms. The monoisotopic (exact) mass is 315 g/mol. The molecular weight excluding hydrogens is 298 g/mol. The molecular formula is C13H18BrNO3. The van der Waals surface area contributed by atoms with Crippen molar-refractivity contribution < 1.29 is 14.6 Å². The minimum absolute atomic E-state index is 0.00264. The Morgan fingerprint density at radius 3 is 2.67 bits per heavy atom. The van der Waals surface area contributed by atoms with E-state index in [1.54, 1.807) is 0 Å². The largest absolute Gasteiger partial charge is 0.494 e. The number of amides is 1. The Balaban J connectivity index is 2.07. The second-order valence-electron chi connectivity index (χ2n) is 3.83. The molecule has 0 saturated carbocycles. The van der Waals surface area contributed by atoms with Gasteiger partial charge in [-0.3, -0.25) is 4.79 Å². The van der Waals surface area contributed by atoms with Crippen LogP contribution in [0.25, 0.3) is 0 Å². The number of aliphatic hydroxyl groups excluding tert-OH is 1. The van der Waals surface area contributed by atoms with Gasteiger partial charge in [0.2, 0.25) is 5.91 Å². The summed E-state index contributed by atoms with van der Waals surface area (Å²) in [5.74, 6) is 0.807. The van der Waals surface area contributed by atoms with E-state index in [2.05, 4.69) is 21.2 Å². The minimum Gasteiger partial charge on any atom is -0.494 e. The molecule has 5 heteroatoms. The first kappa shape index (κ1) is 15.0. The standard InChI is InChI=1S/C13H18BrNO3/c14-11-4-6-12(7-5-11)18-10-1-3-13(17)15-8-2-9-16/h4-7,16H,1-3,8-10H2,(H,15,17). The highest BCUT2D eigenvalue weighted by atomic mass is 79.9. The van der Waals surface area contributed by atoms with Crippen molar-refractivity contribution in [2.24, 2.45) is 0 Å². The van der Waals surface area contributed by atoms with Crippen LogP contribution < -0.4 is 10.1 Å². The molecule has 1 rings (SSSR count). The van der Waals surface area contributed by atoms with E-state index >= 15 is 0 Å². The number of nitrogens with one attached hydrogen (secondary N) is 1. The average molecular weight is 316 g/mol. The van der Waals surface area contributed by atoms with Crippen LogP contribution in [-0.4, -0.2) is 30.8 Å². The van der Waals surface area contributed by atoms with Gasteiger partial charge in [0, 0.05) is 24.0 Å². The number of halogens is 1. The lowest BCUT2D eigenvalue weighted by Crippen LogP contribution is -2.25. The molecule has 0 aliphatic heterocycles. The highest BCUT2D eigenvalue weighted by Gasteiger charge is 2.00. The van der Waals surface area contributed by atoms with Crippen molar-refractivity contribution in [1.82, 2.24) is 5.32 Å². The lowest BCUT2D eigenvalue weighted by molar-refractivity contribution is -0.121. The number of carbonyl (C=O) groups excluding carboxylic acids is 1. The molecule has 4 nitrogen and oxygen atoms in total. The van der Waals surface area contributed by atoms with Gasteiger partial charge in [-0.25, -0.2) is 0 Å². The van der Waals surface area contributed by atoms with Crippen molar-refractivity contribution in [3.8, 4) is 5.75 Å². The van der Waals surface area contributed by atoms with E-state index in [1.165, 1.54) is 0 Å². The predicted octanol–water partition coefficient (Wildman–Crippen LogP) is 2.11. The maximum atomic E-state index is 11.3. The summed E-state index contributed by atoms with van der Waals surface area (Å²) in [5.41, 5.74) is 0. The number of hydrogen-bond donors (Lipinski definition) is 2. The van der Waals surface area contributed by atoms with Gasteiger partial charge in [-0.1, -0.05) is 15.9 Å². The fraction of sp³-hybridized carbons (Fsp3) is 0.462. The highest BCUT2D eigenvalue weighted by molar-refractivity contribution is 9.10. The van der Waals surface area contributed by atoms with Crippen molar-refractivity contribution in [3.05, 3.63) is 28.7 Å². The van der Waals surface area contributed by atoms with Crippen LogP contribution in [0.1, 0.15) is 19.3 Å². The molecule has 0 aliphatic rings. The molecule has 2 N–H and O–H groups in total. The number of benzene rings is 1. The topological polar surface area (TPSA) is 58.6 Å². The molecule has 18 heavy (non-hydrogen) atoms. The molecule has 0 saturated heterocycles. The van der Waals surface area contributed by atoms with Crippen LogP contribution in [0.4, 0.5) is 0 Å². The summed E-state index contributed by atoms with van der Waals surface area (Å²) in [6.07, 6.45) is 1.73. The lowest BCUT2D eigenvalue weighted by atomic mass is 10.3. The van der Waals surface area contributed by atoms with E-state index in [4.69, 9.17) is 9.84 Å². The smallest absolute Gasteiger partial charge is 0.220 e. The third kappa shape index (κ3) is 6.61. The normalized spacial score (nSPS) is 10.1. The van der Waals surface area contributed by atoms with Crippen LogP contribution in [0.15, 0.2) is 28.7 Å². The van der Waals surface area contributed by atoms with Crippen LogP contribution >= 0.6 is 15.9 Å². The molecule has 100 valence electrons. The SMILES string of the molecule is O=C(CCCOc1ccc(Br)cc1)NCCCO. The van der Waals surface area contributed by atoms with Crippen molar-refractivity contribution in [2.45, 2.75) is 19.3 Å². The summed E-state index contributed by atoms with van der Waals surface area (Å²) in [5, 5.41) is 11.3. The Bertz CT molecular complexity index is 354. The minimum atomic E-state index is 0.00264. The number of ether oxygens (including phenoxy) is 1. The van der Waals surface area contributed by atoms with Crippen LogP contribution in [0.5, 0.6) is 5.75 Å². The van der Waals surface area contributed by atoms with Crippen molar-refractivity contribution in [2.75, 3.05) is 19.8 Å². The fourth-order valence-electron chi connectivity index (χ4n) is 1.35. The lowest BCUT2D eigenvalue weighted by Gasteiger charge is -2.06. The van der Waals surface area contributed by atoms with Crippen LogP contribution in [0.3, 0.4) is 0 Å². The zero-order chi connectivity index (χ0) is 13.2. The van der Waals surface area contributed by atoms with Gasteiger partial charge in [-0.05, 0) is 37.1 Å². The molecule has 1 aromatic rings. The zero-order valence-electron chi connectivity index (χ0n) is 10.2. The van der Waals surface area contributed by atoms with Crippen LogP contribution in [-0.2, 0) is 4.79 Å². The average Bonchev–Trinajstić information content (AvgIpc) is 2.37. The molecule has 0 fully saturated rings. The molecule has 0 aromatic heterocycles. The molecule has 0 heterocycles. The van der Waals surface area contributed by atoms with E-state index in [9.17, 15) is 4.79 Å². The van der Waals surface area contributed by atoms with E-state index < -0.39 is 0 Å². The number of aliphatic hydroxyl groups is 1. The van der Waals surface area contributed by atoms with Gasteiger partial charge in [-0.2, -0.15) is 0 Å². The third-order valence-corrected chi connectivity index (χ3v) is 2.82. The first-order valence-corrected chi connectivity index (χ1v) is 6.77. The summed E-state index contributed by atoms with van der Waals surface area (Å²) in [7, 11) is 0. The Hall–Kier alpha value is -1.07. The van der Waals surface area contributed by atoms with E-state index in [0.29, 0.717) is 32.4 Å². The second-order valence-corrected chi connectivity index (χ2v) is 4.75. The fourth-order valence-corrected chi connectivity index (χ4v) is 1.61. The zero-order valence-corrected chi connectivity index (χ0v) is 11.8. The van der Waals surface area contributed by atoms with Gasteiger partial charge in [-0.15, -0.1) is 0 Å². The van der Waals surface area contributed by atoms with Gasteiger partial charge in [0.1, 0.15) is 5.75 Å². The van der Waals surface area contributed by atoms with Crippen molar-refractivity contribution in [3.63, 3.8) is 0 Å². The second kappa shape index (κ2) is 8.94. The Kier molecular flexibility index (Phi) is 7.44. The van der Waals surface area contributed by atoms with E-state index in [1.807, 2.05) is 24.3 Å². The van der Waals surface area contributed by atoms with E-state index in [-0.39, 0.29) is 12.5 Å². The van der Waals surface area contributed by atoms with Crippen LogP contribution in [0.2, 0.25) is 0 Å². The summed E-state index contributed by atoms with van der Waals surface area (Å²) in [6.45, 7) is 1.16. The summed E-state index contributed by atoms with van der Waals surface area (Å²) < 4.78 is 6.51. The first-order chi connectivity index (χ1) is 8.72. The van der Waals surface area contributed by atoms with Crippen molar-refractivity contribution in [1.29, 1.82) is 0 Å². The molecule has 1 aromatic carbocycles. The quantitative estimate of drug-likeness (QED) is 0.722. The molecule has 0 aliphatic carbocycles. The summed E-state index contributed by atoms with van der Waals surface area (Å²) in [6, 6.07) is 7.59. The summed E-state index contributed by atoms with van der Waals surface area (Å²) >= 11 is 3.35. The molecule has 0 atom stereocenters. The van der Waals surface area contributed by atoms with Crippen molar-refractivity contribution >= 4 is 21.8 Å². The Labute approximate surface area is 115 Å². The maximum Gasteiger partial charge on any atom is 0.220 e. The molecule has 0 unspecified atom stereocenters. The maximum absolute atomic E-state index is 11.3. The number of carbonyl (C=O) groups is 1. The van der Waals surface area contributed by atoms with Gasteiger partial charge in [0.05, 0.1) is 6.61 Å². The molecule has 0 bridgehead atoms. The van der Waals surface area contributed by atoms with Gasteiger partial charge in [0.15, 0.2) is 0 Å². The number of rotatable bonds is 8. The Morgan fingerprint density at radius 1 is 1.28 bits per heavy atom. The molecule has 0 radical (unpaired) electrons. The van der Waals surface area contributed by atoms with Gasteiger partial charge < -0.3 is 15.2 Å². The Morgan fingerprint density at radius 2 is 2.00 bits per heavy atom. The summed E-state index contributed by atoms with van der Waals surface area (Å²) in [4.78, 5) is 11.3. The highest BCUT2D eigenvalue weighted by Crippen LogP contribution is 2.16. The van der Waals surface area contributed by atoms with Gasteiger partial charge in [0.25, 0.3) is 0 Å². The predicted molar refractivity (Wildman–Crippen MR) is 73.6 cm³/mol. The third-order valence-electron chi connectivity index (χ3n) is 2.29. The van der Waals surface area contributed by atoms with Crippen LogP contribution in [0, 0.1) is 0 Å².